The molecular weight excluding hydrogens is 454 g/mol. The summed E-state index contributed by atoms with van der Waals surface area (Å²) in [6.07, 6.45) is 5.37. The molecule has 0 radical (unpaired) electrons. The van der Waals surface area contributed by atoms with E-state index in [4.69, 9.17) is 0 Å². The number of imidazole rings is 1. The minimum Gasteiger partial charge on any atom is -0.356 e. The Morgan fingerprint density at radius 3 is 2.44 bits per heavy atom. The van der Waals surface area contributed by atoms with Gasteiger partial charge in [-0.2, -0.15) is 4.31 Å². The number of hydrogen-bond acceptors (Lipinski definition) is 5. The van der Waals surface area contributed by atoms with Gasteiger partial charge >= 0.3 is 0 Å². The van der Waals surface area contributed by atoms with Crippen LogP contribution in [0.2, 0.25) is 0 Å². The van der Waals surface area contributed by atoms with E-state index in [0.717, 1.165) is 37.0 Å². The highest BCUT2D eigenvalue weighted by atomic mass is 32.2. The molecule has 0 unspecified atom stereocenters. The Hall–Kier alpha value is -2.46. The molecule has 10 heteroatoms. The van der Waals surface area contributed by atoms with Crippen LogP contribution in [-0.4, -0.2) is 59.8 Å². The second-order valence-electron chi connectivity index (χ2n) is 8.66. The molecule has 3 rings (SSSR count). The summed E-state index contributed by atoms with van der Waals surface area (Å²) in [6.45, 7) is 7.41. The zero-order valence-corrected chi connectivity index (χ0v) is 21.3. The topological polar surface area (TPSA) is 113 Å². The first kappa shape index (κ1) is 26.2. The highest BCUT2D eigenvalue weighted by Crippen LogP contribution is 2.23. The maximum absolute atomic E-state index is 12.9. The Balaban J connectivity index is 1.59. The third kappa shape index (κ3) is 6.15. The van der Waals surface area contributed by atoms with Gasteiger partial charge in [-0.05, 0) is 38.0 Å². The van der Waals surface area contributed by atoms with E-state index < -0.39 is 10.0 Å². The summed E-state index contributed by atoms with van der Waals surface area (Å²) in [6, 6.07) is 5.31. The van der Waals surface area contributed by atoms with Crippen molar-refractivity contribution in [1.29, 1.82) is 0 Å². The largest absolute Gasteiger partial charge is 0.356 e. The molecule has 188 valence electrons. The van der Waals surface area contributed by atoms with Gasteiger partial charge in [0.15, 0.2) is 0 Å². The first-order chi connectivity index (χ1) is 16.3. The van der Waals surface area contributed by atoms with Gasteiger partial charge in [0.25, 0.3) is 0 Å². The SMILES string of the molecule is CCN(CC)S(=O)(=O)c1ccc2c(c1)nc(CCC(=O)NCCC(=O)NC1CCCC1)n2CC. The van der Waals surface area contributed by atoms with Crippen molar-refractivity contribution in [2.75, 3.05) is 19.6 Å². The number of benzene rings is 1. The molecule has 0 aliphatic heterocycles. The molecule has 1 heterocycles. The predicted molar refractivity (Wildman–Crippen MR) is 132 cm³/mol. The van der Waals surface area contributed by atoms with Crippen molar-refractivity contribution >= 4 is 32.9 Å². The van der Waals surface area contributed by atoms with Crippen molar-refractivity contribution in [3.05, 3.63) is 24.0 Å². The fraction of sp³-hybridized carbons (Fsp3) is 0.625. The minimum atomic E-state index is -3.57. The van der Waals surface area contributed by atoms with Crippen LogP contribution in [0, 0.1) is 0 Å². The van der Waals surface area contributed by atoms with Crippen LogP contribution in [0.1, 0.15) is 65.1 Å². The zero-order valence-electron chi connectivity index (χ0n) is 20.5. The third-order valence-corrected chi connectivity index (χ3v) is 8.47. The number of nitrogens with zero attached hydrogens (tertiary/aromatic N) is 3. The van der Waals surface area contributed by atoms with Crippen LogP contribution in [0.4, 0.5) is 0 Å². The van der Waals surface area contributed by atoms with Crippen LogP contribution in [0.15, 0.2) is 23.1 Å². The van der Waals surface area contributed by atoms with E-state index in [1.807, 2.05) is 25.3 Å². The van der Waals surface area contributed by atoms with E-state index in [1.165, 1.54) is 4.31 Å². The number of aryl methyl sites for hydroxylation is 2. The van der Waals surface area contributed by atoms with Crippen molar-refractivity contribution in [3.63, 3.8) is 0 Å². The molecule has 2 amide bonds. The number of nitrogens with one attached hydrogen (secondary N) is 2. The minimum absolute atomic E-state index is 0.0181. The van der Waals surface area contributed by atoms with Gasteiger partial charge in [0.1, 0.15) is 5.82 Å². The molecule has 34 heavy (non-hydrogen) atoms. The van der Waals surface area contributed by atoms with Crippen molar-refractivity contribution in [2.45, 2.75) is 83.2 Å². The van der Waals surface area contributed by atoms with E-state index in [1.54, 1.807) is 18.2 Å². The number of aromatic nitrogens is 2. The average molecular weight is 492 g/mol. The molecule has 1 saturated carbocycles. The number of carbonyl (C=O) groups is 2. The lowest BCUT2D eigenvalue weighted by molar-refractivity contribution is -0.122. The summed E-state index contributed by atoms with van der Waals surface area (Å²) < 4.78 is 29.2. The van der Waals surface area contributed by atoms with Crippen LogP contribution in [0.5, 0.6) is 0 Å². The van der Waals surface area contributed by atoms with E-state index in [9.17, 15) is 18.0 Å². The number of carbonyl (C=O) groups excluding carboxylic acids is 2. The number of sulfonamides is 1. The Bertz CT molecular complexity index is 1100. The molecule has 0 atom stereocenters. The van der Waals surface area contributed by atoms with Crippen molar-refractivity contribution in [3.8, 4) is 0 Å². The maximum atomic E-state index is 12.9. The molecule has 0 spiro atoms. The maximum Gasteiger partial charge on any atom is 0.243 e. The van der Waals surface area contributed by atoms with Crippen molar-refractivity contribution in [1.82, 2.24) is 24.5 Å². The molecule has 0 bridgehead atoms. The van der Waals surface area contributed by atoms with Gasteiger partial charge in [0, 0.05) is 51.5 Å². The van der Waals surface area contributed by atoms with E-state index >= 15 is 0 Å². The number of hydrogen-bond donors (Lipinski definition) is 2. The molecular formula is C24H37N5O4S. The fourth-order valence-electron chi connectivity index (χ4n) is 4.58. The number of rotatable bonds is 12. The molecule has 0 saturated heterocycles. The molecule has 1 aromatic heterocycles. The van der Waals surface area contributed by atoms with Gasteiger partial charge in [0.2, 0.25) is 21.8 Å². The first-order valence-corrected chi connectivity index (χ1v) is 13.8. The van der Waals surface area contributed by atoms with Gasteiger partial charge in [-0.3, -0.25) is 9.59 Å². The summed E-state index contributed by atoms with van der Waals surface area (Å²) in [5, 5.41) is 5.83. The van der Waals surface area contributed by atoms with Crippen molar-refractivity contribution in [2.24, 2.45) is 0 Å². The predicted octanol–water partition coefficient (Wildman–Crippen LogP) is 2.58. The van der Waals surface area contributed by atoms with E-state index in [2.05, 4.69) is 15.6 Å². The Kier molecular flexibility index (Phi) is 9.07. The van der Waals surface area contributed by atoms with Gasteiger partial charge < -0.3 is 15.2 Å². The second-order valence-corrected chi connectivity index (χ2v) is 10.6. The first-order valence-electron chi connectivity index (χ1n) is 12.4. The summed E-state index contributed by atoms with van der Waals surface area (Å²) in [5.41, 5.74) is 1.45. The van der Waals surface area contributed by atoms with E-state index in [0.29, 0.717) is 38.1 Å². The third-order valence-electron chi connectivity index (χ3n) is 6.43. The fourth-order valence-corrected chi connectivity index (χ4v) is 6.05. The molecule has 2 N–H and O–H groups in total. The van der Waals surface area contributed by atoms with Crippen LogP contribution in [0.25, 0.3) is 11.0 Å². The quantitative estimate of drug-likeness (QED) is 0.474. The zero-order chi connectivity index (χ0) is 24.7. The molecule has 2 aromatic rings. The Morgan fingerprint density at radius 2 is 1.79 bits per heavy atom. The van der Waals surface area contributed by atoms with Crippen LogP contribution in [-0.2, 0) is 32.6 Å². The van der Waals surface area contributed by atoms with Crippen LogP contribution in [0.3, 0.4) is 0 Å². The number of amides is 2. The lowest BCUT2D eigenvalue weighted by atomic mass is 10.2. The Labute approximate surface area is 202 Å². The lowest BCUT2D eigenvalue weighted by Gasteiger charge is -2.18. The second kappa shape index (κ2) is 11.8. The molecule has 9 nitrogen and oxygen atoms in total. The molecule has 1 aliphatic carbocycles. The highest BCUT2D eigenvalue weighted by molar-refractivity contribution is 7.89. The normalized spacial score (nSPS) is 14.7. The van der Waals surface area contributed by atoms with Crippen LogP contribution >= 0.6 is 0 Å². The van der Waals surface area contributed by atoms with Crippen molar-refractivity contribution < 1.29 is 18.0 Å². The van der Waals surface area contributed by atoms with Gasteiger partial charge in [0.05, 0.1) is 15.9 Å². The van der Waals surface area contributed by atoms with Gasteiger partial charge in [-0.1, -0.05) is 26.7 Å². The monoisotopic (exact) mass is 491 g/mol. The summed E-state index contributed by atoms with van der Waals surface area (Å²) in [4.78, 5) is 29.2. The summed E-state index contributed by atoms with van der Waals surface area (Å²) >= 11 is 0. The number of fused-ring (bicyclic) bond motifs is 1. The standard InChI is InChI=1S/C24H37N5O4S/c1-4-28(5-2)34(32,33)19-11-12-21-20(17-19)27-22(29(21)6-3)13-14-23(30)25-16-15-24(31)26-18-9-7-8-10-18/h11-12,17-18H,4-10,13-16H2,1-3H3,(H,25,30)(H,26,31). The lowest BCUT2D eigenvalue weighted by Crippen LogP contribution is -2.35. The summed E-state index contributed by atoms with van der Waals surface area (Å²) in [7, 11) is -3.57. The Morgan fingerprint density at radius 1 is 1.09 bits per heavy atom. The average Bonchev–Trinajstić information content (AvgIpc) is 3.44. The highest BCUT2D eigenvalue weighted by Gasteiger charge is 2.23. The smallest absolute Gasteiger partial charge is 0.243 e. The molecule has 1 aliphatic rings. The summed E-state index contributed by atoms with van der Waals surface area (Å²) in [5.74, 6) is 0.590. The molecule has 1 aromatic carbocycles. The van der Waals surface area contributed by atoms with Gasteiger partial charge in [-0.15, -0.1) is 0 Å². The van der Waals surface area contributed by atoms with E-state index in [-0.39, 0.29) is 35.6 Å². The van der Waals surface area contributed by atoms with Gasteiger partial charge in [-0.25, -0.2) is 13.4 Å². The molecule has 1 fully saturated rings. The van der Waals surface area contributed by atoms with Crippen LogP contribution < -0.4 is 10.6 Å².